The number of hydrogen-bond donors (Lipinski definition) is 5. The number of para-hydroxylation sites is 3. The number of anilines is 3. The lowest BCUT2D eigenvalue weighted by Gasteiger charge is -2.29. The van der Waals surface area contributed by atoms with Crippen molar-refractivity contribution in [3.63, 3.8) is 0 Å². The number of nitrogens with one attached hydrogen (secondary N) is 2. The van der Waals surface area contributed by atoms with Gasteiger partial charge in [-0.2, -0.15) is 15.3 Å². The summed E-state index contributed by atoms with van der Waals surface area (Å²) in [4.78, 5) is 51.8. The van der Waals surface area contributed by atoms with Crippen LogP contribution in [-0.2, 0) is 19.6 Å². The van der Waals surface area contributed by atoms with Gasteiger partial charge in [-0.05, 0) is 186 Å². The molecule has 15 rings (SSSR count). The number of carbonyl (C=O) groups excluding carboxylic acids is 2. The Labute approximate surface area is 611 Å². The molecule has 12 aromatic rings. The maximum atomic E-state index is 12.0. The van der Waals surface area contributed by atoms with Gasteiger partial charge in [0, 0.05) is 47.3 Å². The van der Waals surface area contributed by atoms with Crippen molar-refractivity contribution >= 4 is 72.4 Å². The van der Waals surface area contributed by atoms with E-state index >= 15 is 0 Å². The fraction of sp³-hybridized carbons (Fsp3) is 0.253. The summed E-state index contributed by atoms with van der Waals surface area (Å²) < 4.78 is 49.8. The lowest BCUT2D eigenvalue weighted by molar-refractivity contribution is -0.125. The predicted octanol–water partition coefficient (Wildman–Crippen LogP) is 15.2. The van der Waals surface area contributed by atoms with Crippen molar-refractivity contribution in [2.45, 2.75) is 117 Å². The molecule has 2 saturated carbocycles. The zero-order valence-corrected chi connectivity index (χ0v) is 56.8. The molecular weight excluding hydrogens is 1350 g/mol. The van der Waals surface area contributed by atoms with Crippen molar-refractivity contribution in [1.29, 1.82) is 0 Å². The first-order valence-corrected chi connectivity index (χ1v) is 35.2. The van der Waals surface area contributed by atoms with Gasteiger partial charge in [-0.25, -0.2) is 57.1 Å². The van der Waals surface area contributed by atoms with E-state index in [2.05, 4.69) is 53.1 Å². The van der Waals surface area contributed by atoms with Crippen LogP contribution < -0.4 is 41.5 Å². The Balaban J connectivity index is 0.000000167. The van der Waals surface area contributed by atoms with Gasteiger partial charge >= 0.3 is 0 Å². The van der Waals surface area contributed by atoms with Gasteiger partial charge in [-0.1, -0.05) is 96.1 Å². The summed E-state index contributed by atoms with van der Waals surface area (Å²) in [5.74, 6) is 5.53. The van der Waals surface area contributed by atoms with Gasteiger partial charge in [-0.3, -0.25) is 9.59 Å². The standard InChI is InChI=1S/C27H28N6O2.C25H26N6O3S.C24H22N6O2.3CH4/c1-2-6-23(34)31-19-11-13-20(14-12-19)33-27-24(26(28)29-17-30-27)25(32-33)18-9-15-22(16-10-18)35-21-7-4-3-5-8-21;1-2-35(32,33)30-18-10-12-19(13-11-18)31-25-22(24(26)27-16-28-25)23(29-31)17-8-14-21(15-9-17)34-20-6-4-3-5-7-20;1-2-20(31)29-13-12-17(14-29)30-24-21(23(25)26-15-27-24)22(28-30)16-8-10-19(11-9-16)32-18-6-4-3-5-7-18;;;/h2-10,15-17,19-20H,11-14H2,1H3,(H,31,34)(H2,28,29,30);2-9,14-16,18-19,30H,1,10-13H2,(H2,26,27,28);2-11,15,17H,1,12-14H2,(H2,25,26,27);3*1H4/b6-2+;;;;;. The molecule has 0 spiro atoms. The molecule has 105 heavy (non-hydrogen) atoms. The van der Waals surface area contributed by atoms with E-state index in [0.29, 0.717) is 82.6 Å². The molecule has 7 heterocycles. The second kappa shape index (κ2) is 34.2. The molecule has 1 atom stereocenters. The zero-order chi connectivity index (χ0) is 70.7. The van der Waals surface area contributed by atoms with Crippen LogP contribution in [0.4, 0.5) is 17.5 Å². The molecule has 25 nitrogen and oxygen atoms in total. The Morgan fingerprint density at radius 2 is 0.810 bits per heavy atom. The van der Waals surface area contributed by atoms with Crippen LogP contribution >= 0.6 is 0 Å². The van der Waals surface area contributed by atoms with Crippen LogP contribution in [0.3, 0.4) is 0 Å². The van der Waals surface area contributed by atoms with Crippen LogP contribution in [0, 0.1) is 0 Å². The molecule has 1 saturated heterocycles. The first kappa shape index (κ1) is 75.5. The zero-order valence-electron chi connectivity index (χ0n) is 56.0. The smallest absolute Gasteiger partial charge is 0.246 e. The topological polar surface area (TPSA) is 332 Å². The molecule has 542 valence electrons. The summed E-state index contributed by atoms with van der Waals surface area (Å²) in [6, 6.07) is 52.3. The van der Waals surface area contributed by atoms with Gasteiger partial charge in [-0.15, -0.1) is 0 Å². The van der Waals surface area contributed by atoms with Crippen molar-refractivity contribution in [3.05, 3.63) is 220 Å². The van der Waals surface area contributed by atoms with Gasteiger partial charge in [0.25, 0.3) is 0 Å². The molecule has 3 fully saturated rings. The number of rotatable bonds is 18. The van der Waals surface area contributed by atoms with E-state index in [1.54, 1.807) is 17.1 Å². The van der Waals surface area contributed by atoms with E-state index in [1.807, 2.05) is 185 Å². The van der Waals surface area contributed by atoms with Crippen LogP contribution in [0.5, 0.6) is 34.5 Å². The molecule has 2 amide bonds. The fourth-order valence-electron chi connectivity index (χ4n) is 13.1. The third kappa shape index (κ3) is 17.5. The lowest BCUT2D eigenvalue weighted by Crippen LogP contribution is -2.37. The number of hydrogen-bond acceptors (Lipinski definition) is 19. The molecule has 3 aliphatic rings. The summed E-state index contributed by atoms with van der Waals surface area (Å²) in [7, 11) is -3.45. The minimum absolute atomic E-state index is 0. The average Bonchev–Trinajstić information content (AvgIpc) is 1.63. The highest BCUT2D eigenvalue weighted by Gasteiger charge is 2.32. The second-order valence-corrected chi connectivity index (χ2v) is 26.5. The normalized spacial score (nSPS) is 17.0. The summed E-state index contributed by atoms with van der Waals surface area (Å²) in [6.45, 7) is 9.99. The van der Waals surface area contributed by atoms with Crippen LogP contribution in [-0.4, -0.2) is 110 Å². The van der Waals surface area contributed by atoms with Gasteiger partial charge in [0.1, 0.15) is 88.0 Å². The number of nitrogens with zero attached hydrogens (tertiary/aromatic N) is 13. The summed E-state index contributed by atoms with van der Waals surface area (Å²) in [5, 5.41) is 20.9. The van der Waals surface area contributed by atoms with E-state index in [-0.39, 0.29) is 64.3 Å². The Kier molecular flexibility index (Phi) is 24.6. The minimum atomic E-state index is -3.45. The summed E-state index contributed by atoms with van der Waals surface area (Å²) in [6.07, 6.45) is 16.3. The first-order chi connectivity index (χ1) is 49.7. The highest BCUT2D eigenvalue weighted by Crippen LogP contribution is 2.41. The molecule has 0 radical (unpaired) electrons. The van der Waals surface area contributed by atoms with Crippen molar-refractivity contribution in [3.8, 4) is 68.3 Å². The van der Waals surface area contributed by atoms with E-state index in [9.17, 15) is 18.0 Å². The number of allylic oxidation sites excluding steroid dienone is 1. The largest absolute Gasteiger partial charge is 0.457 e. The predicted molar refractivity (Wildman–Crippen MR) is 413 cm³/mol. The molecular formula is C79H88N18O7S. The summed E-state index contributed by atoms with van der Waals surface area (Å²) >= 11 is 0. The number of aromatic nitrogens is 12. The number of ether oxygens (including phenoxy) is 3. The number of nitrogens with two attached hydrogens (primary N) is 3. The van der Waals surface area contributed by atoms with Crippen LogP contribution in [0.15, 0.2) is 220 Å². The number of sulfonamides is 1. The first-order valence-electron chi connectivity index (χ1n) is 33.6. The molecule has 26 heteroatoms. The van der Waals surface area contributed by atoms with Gasteiger partial charge in [0.15, 0.2) is 16.9 Å². The van der Waals surface area contributed by atoms with Gasteiger partial charge in [0.05, 0.1) is 34.3 Å². The molecule has 1 aliphatic heterocycles. The third-order valence-corrected chi connectivity index (χ3v) is 19.3. The number of carbonyl (C=O) groups is 2. The van der Waals surface area contributed by atoms with Gasteiger partial charge < -0.3 is 41.6 Å². The van der Waals surface area contributed by atoms with Gasteiger partial charge in [0.2, 0.25) is 21.8 Å². The highest BCUT2D eigenvalue weighted by atomic mass is 32.2. The quantitative estimate of drug-likeness (QED) is 0.0498. The van der Waals surface area contributed by atoms with Crippen LogP contribution in [0.2, 0.25) is 0 Å². The van der Waals surface area contributed by atoms with E-state index in [4.69, 9.17) is 46.7 Å². The SMILES string of the molecule is C.C.C.C/C=C/C(=O)NC1CCC(n2nc(-c3ccc(Oc4ccccc4)cc3)c3c(N)ncnc32)CC1.C=CC(=O)N1CCC(n2nc(-c3ccc(Oc4ccccc4)cc3)c3c(N)ncnc32)C1.C=CS(=O)(=O)NC1CCC(n2nc(-c3ccc(Oc4ccccc4)cc3)c3c(N)ncnc32)CC1. The third-order valence-electron chi connectivity index (χ3n) is 18.2. The molecule has 8 N–H and O–H groups in total. The van der Waals surface area contributed by atoms with Crippen molar-refractivity contribution in [2.24, 2.45) is 0 Å². The van der Waals surface area contributed by atoms with Crippen molar-refractivity contribution in [2.75, 3.05) is 30.3 Å². The Bertz CT molecular complexity index is 5080. The molecule has 0 bridgehead atoms. The Hall–Kier alpha value is -12.2. The highest BCUT2D eigenvalue weighted by molar-refractivity contribution is 7.92. The molecule has 2 aliphatic carbocycles. The molecule has 6 aromatic carbocycles. The van der Waals surface area contributed by atoms with Crippen molar-refractivity contribution in [1.82, 2.24) is 74.2 Å². The minimum Gasteiger partial charge on any atom is -0.457 e. The second-order valence-electron chi connectivity index (χ2n) is 24.9. The number of fused-ring (bicyclic) bond motifs is 3. The van der Waals surface area contributed by atoms with E-state index in [1.165, 1.54) is 25.1 Å². The summed E-state index contributed by atoms with van der Waals surface area (Å²) in [5.41, 5.74) is 25.7. The molecule has 1 unspecified atom stereocenters. The maximum absolute atomic E-state index is 12.0. The lowest BCUT2D eigenvalue weighted by atomic mass is 9.91. The van der Waals surface area contributed by atoms with E-state index < -0.39 is 10.0 Å². The Morgan fingerprint density at radius 3 is 1.15 bits per heavy atom. The van der Waals surface area contributed by atoms with Crippen molar-refractivity contribution < 1.29 is 32.2 Å². The van der Waals surface area contributed by atoms with Crippen LogP contribution in [0.25, 0.3) is 66.9 Å². The Morgan fingerprint density at radius 1 is 0.467 bits per heavy atom. The number of benzene rings is 6. The monoisotopic (exact) mass is 1430 g/mol. The maximum Gasteiger partial charge on any atom is 0.246 e. The van der Waals surface area contributed by atoms with Crippen LogP contribution in [0.1, 0.15) is 105 Å². The average molecular weight is 1430 g/mol. The number of likely N-dealkylation sites (tertiary alicyclic amines) is 1. The van der Waals surface area contributed by atoms with E-state index in [0.717, 1.165) is 113 Å². The number of amides is 2. The fourth-order valence-corrected chi connectivity index (χ4v) is 13.9. The number of nitrogen functional groups attached to an aromatic ring is 3. The molecule has 6 aromatic heterocycles.